The van der Waals surface area contributed by atoms with Crippen LogP contribution in [0, 0.1) is 13.8 Å². The summed E-state index contributed by atoms with van der Waals surface area (Å²) < 4.78 is 1.93. The zero-order chi connectivity index (χ0) is 19.3. The Kier molecular flexibility index (Phi) is 5.10. The third-order valence-corrected chi connectivity index (χ3v) is 4.74. The minimum absolute atomic E-state index is 0.635. The quantitative estimate of drug-likeness (QED) is 0.555. The highest BCUT2D eigenvalue weighted by Crippen LogP contribution is 2.21. The number of anilines is 1. The average Bonchev–Trinajstić information content (AvgIpc) is 3.24. The third kappa shape index (κ3) is 3.91. The number of hydrogen-bond donors (Lipinski definition) is 1. The van der Waals surface area contributed by atoms with Crippen molar-refractivity contribution in [2.24, 2.45) is 0 Å². The third-order valence-electron chi connectivity index (χ3n) is 4.74. The molecular formula is C22H22N6. The molecule has 6 heteroatoms. The van der Waals surface area contributed by atoms with Crippen LogP contribution in [-0.2, 0) is 13.1 Å². The average molecular weight is 370 g/mol. The van der Waals surface area contributed by atoms with Crippen LogP contribution in [-0.4, -0.2) is 24.7 Å². The molecule has 0 amide bonds. The summed E-state index contributed by atoms with van der Waals surface area (Å²) in [5, 5.41) is 7.80. The molecule has 28 heavy (non-hydrogen) atoms. The summed E-state index contributed by atoms with van der Waals surface area (Å²) in [6.45, 7) is 5.46. The van der Waals surface area contributed by atoms with Crippen LogP contribution < -0.4 is 5.32 Å². The van der Waals surface area contributed by atoms with Gasteiger partial charge in [-0.05, 0) is 43.2 Å². The van der Waals surface area contributed by atoms with E-state index in [1.807, 2.05) is 49.0 Å². The Labute approximate surface area is 164 Å². The van der Waals surface area contributed by atoms with Gasteiger partial charge in [0.05, 0.1) is 6.54 Å². The molecule has 6 nitrogen and oxygen atoms in total. The fourth-order valence-corrected chi connectivity index (χ4v) is 3.04. The fourth-order valence-electron chi connectivity index (χ4n) is 3.04. The van der Waals surface area contributed by atoms with E-state index in [2.05, 4.69) is 44.6 Å². The van der Waals surface area contributed by atoms with E-state index in [9.17, 15) is 0 Å². The van der Waals surface area contributed by atoms with E-state index in [-0.39, 0.29) is 0 Å². The van der Waals surface area contributed by atoms with Crippen molar-refractivity contribution in [2.75, 3.05) is 5.32 Å². The molecule has 0 spiro atoms. The Morgan fingerprint density at radius 2 is 1.71 bits per heavy atom. The number of aromatic nitrogens is 5. The normalized spacial score (nSPS) is 10.8. The zero-order valence-corrected chi connectivity index (χ0v) is 16.0. The van der Waals surface area contributed by atoms with Crippen LogP contribution in [0.15, 0.2) is 67.1 Å². The monoisotopic (exact) mass is 370 g/mol. The molecule has 4 rings (SSSR count). The molecular weight excluding hydrogens is 348 g/mol. The molecule has 140 valence electrons. The van der Waals surface area contributed by atoms with Crippen LogP contribution in [0.25, 0.3) is 11.5 Å². The predicted octanol–water partition coefficient (Wildman–Crippen LogP) is 4.01. The Morgan fingerprint density at radius 1 is 0.893 bits per heavy atom. The molecule has 1 aromatic carbocycles. The summed E-state index contributed by atoms with van der Waals surface area (Å²) in [4.78, 5) is 13.7. The zero-order valence-electron chi connectivity index (χ0n) is 16.0. The Balaban J connectivity index is 1.58. The van der Waals surface area contributed by atoms with E-state index in [1.54, 1.807) is 12.4 Å². The fraction of sp³-hybridized carbons (Fsp3) is 0.182. The molecule has 0 radical (unpaired) electrons. The van der Waals surface area contributed by atoms with Crippen LogP contribution in [0.2, 0.25) is 0 Å². The van der Waals surface area contributed by atoms with Crippen LogP contribution >= 0.6 is 0 Å². The van der Waals surface area contributed by atoms with E-state index in [1.165, 1.54) is 11.1 Å². The predicted molar refractivity (Wildman–Crippen MR) is 110 cm³/mol. The lowest BCUT2D eigenvalue weighted by molar-refractivity contribution is 0.682. The molecule has 4 aromatic rings. The summed E-state index contributed by atoms with van der Waals surface area (Å²) in [7, 11) is 0. The smallest absolute Gasteiger partial charge is 0.180 e. The number of nitrogens with one attached hydrogen (secondary N) is 1. The standard InChI is InChI=1S/C22H22N6/c1-16-17(2)26-22(20-10-5-6-11-23-20)27-21(16)24-14-18-8-3-4-9-19(18)15-28-13-7-12-25-28/h3-13H,14-15H2,1-2H3,(H,24,26,27). The van der Waals surface area contributed by atoms with Crippen LogP contribution in [0.5, 0.6) is 0 Å². The minimum Gasteiger partial charge on any atom is -0.366 e. The van der Waals surface area contributed by atoms with Crippen molar-refractivity contribution < 1.29 is 0 Å². The number of pyridine rings is 1. The summed E-state index contributed by atoms with van der Waals surface area (Å²) in [5.41, 5.74) is 5.21. The van der Waals surface area contributed by atoms with Gasteiger partial charge in [0.2, 0.25) is 0 Å². The molecule has 0 aliphatic heterocycles. The second-order valence-electron chi connectivity index (χ2n) is 6.65. The number of nitrogens with zero attached hydrogens (tertiary/aromatic N) is 5. The van der Waals surface area contributed by atoms with Gasteiger partial charge in [-0.2, -0.15) is 5.10 Å². The first-order chi connectivity index (χ1) is 13.7. The first-order valence-corrected chi connectivity index (χ1v) is 9.25. The van der Waals surface area contributed by atoms with Crippen LogP contribution in [0.4, 0.5) is 5.82 Å². The van der Waals surface area contributed by atoms with Gasteiger partial charge in [-0.1, -0.05) is 30.3 Å². The van der Waals surface area contributed by atoms with E-state index < -0.39 is 0 Å². The highest BCUT2D eigenvalue weighted by molar-refractivity contribution is 5.56. The summed E-state index contributed by atoms with van der Waals surface area (Å²) in [5.74, 6) is 1.47. The largest absolute Gasteiger partial charge is 0.366 e. The lowest BCUT2D eigenvalue weighted by Crippen LogP contribution is -2.10. The van der Waals surface area contributed by atoms with Crippen molar-refractivity contribution in [2.45, 2.75) is 26.9 Å². The van der Waals surface area contributed by atoms with Gasteiger partial charge in [0.15, 0.2) is 5.82 Å². The number of rotatable bonds is 6. The van der Waals surface area contributed by atoms with Crippen molar-refractivity contribution in [1.29, 1.82) is 0 Å². The Bertz CT molecular complexity index is 1060. The molecule has 0 aliphatic rings. The van der Waals surface area contributed by atoms with E-state index in [0.29, 0.717) is 12.4 Å². The summed E-state index contributed by atoms with van der Waals surface area (Å²) in [6, 6.07) is 16.1. The molecule has 0 atom stereocenters. The minimum atomic E-state index is 0.635. The van der Waals surface area contributed by atoms with E-state index >= 15 is 0 Å². The highest BCUT2D eigenvalue weighted by Gasteiger charge is 2.11. The van der Waals surface area contributed by atoms with E-state index in [0.717, 1.165) is 29.3 Å². The van der Waals surface area contributed by atoms with Gasteiger partial charge in [0.25, 0.3) is 0 Å². The first kappa shape index (κ1) is 17.9. The molecule has 1 N–H and O–H groups in total. The van der Waals surface area contributed by atoms with Crippen molar-refractivity contribution >= 4 is 5.82 Å². The summed E-state index contributed by atoms with van der Waals surface area (Å²) in [6.07, 6.45) is 5.53. The maximum absolute atomic E-state index is 4.72. The van der Waals surface area contributed by atoms with Gasteiger partial charge in [-0.25, -0.2) is 9.97 Å². The lowest BCUT2D eigenvalue weighted by Gasteiger charge is -2.14. The molecule has 0 fully saturated rings. The first-order valence-electron chi connectivity index (χ1n) is 9.25. The molecule has 0 saturated heterocycles. The van der Waals surface area contributed by atoms with Gasteiger partial charge in [0.1, 0.15) is 11.5 Å². The van der Waals surface area contributed by atoms with Gasteiger partial charge >= 0.3 is 0 Å². The second kappa shape index (κ2) is 8.00. The van der Waals surface area contributed by atoms with Gasteiger partial charge < -0.3 is 5.32 Å². The topological polar surface area (TPSA) is 68.5 Å². The Morgan fingerprint density at radius 3 is 2.46 bits per heavy atom. The van der Waals surface area contributed by atoms with Gasteiger partial charge in [0, 0.05) is 36.4 Å². The molecule has 0 bridgehead atoms. The SMILES string of the molecule is Cc1nc(-c2ccccn2)nc(NCc2ccccc2Cn2cccn2)c1C. The maximum Gasteiger partial charge on any atom is 0.180 e. The Hall–Kier alpha value is -3.54. The highest BCUT2D eigenvalue weighted by atomic mass is 15.3. The molecule has 3 heterocycles. The van der Waals surface area contributed by atoms with Gasteiger partial charge in [-0.15, -0.1) is 0 Å². The van der Waals surface area contributed by atoms with Crippen molar-refractivity contribution in [3.05, 3.63) is 89.5 Å². The molecule has 3 aromatic heterocycles. The number of aryl methyl sites for hydroxylation is 1. The van der Waals surface area contributed by atoms with Crippen molar-refractivity contribution in [1.82, 2.24) is 24.7 Å². The van der Waals surface area contributed by atoms with Crippen molar-refractivity contribution in [3.63, 3.8) is 0 Å². The van der Waals surface area contributed by atoms with E-state index in [4.69, 9.17) is 4.98 Å². The maximum atomic E-state index is 4.72. The number of benzene rings is 1. The van der Waals surface area contributed by atoms with Crippen LogP contribution in [0.1, 0.15) is 22.4 Å². The van der Waals surface area contributed by atoms with Crippen LogP contribution in [0.3, 0.4) is 0 Å². The number of hydrogen-bond acceptors (Lipinski definition) is 5. The molecule has 0 aliphatic carbocycles. The summed E-state index contributed by atoms with van der Waals surface area (Å²) >= 11 is 0. The second-order valence-corrected chi connectivity index (χ2v) is 6.65. The lowest BCUT2D eigenvalue weighted by atomic mass is 10.1. The van der Waals surface area contributed by atoms with Gasteiger partial charge in [-0.3, -0.25) is 9.67 Å². The molecule has 0 saturated carbocycles. The van der Waals surface area contributed by atoms with Crippen molar-refractivity contribution in [3.8, 4) is 11.5 Å². The molecule has 0 unspecified atom stereocenters.